The molecule has 0 aliphatic carbocycles. The summed E-state index contributed by atoms with van der Waals surface area (Å²) in [5.74, 6) is 0.803. The topological polar surface area (TPSA) is 48.2 Å². The van der Waals surface area contributed by atoms with Gasteiger partial charge >= 0.3 is 0 Å². The Balaban J connectivity index is 2.15. The van der Waals surface area contributed by atoms with Crippen molar-refractivity contribution in [3.8, 4) is 17.0 Å². The molecule has 0 atom stereocenters. The molecule has 0 N–H and O–H groups in total. The molecule has 19 heavy (non-hydrogen) atoms. The molecule has 0 radical (unpaired) electrons. The fourth-order valence-corrected chi connectivity index (χ4v) is 2.13. The molecule has 0 unspecified atom stereocenters. The van der Waals surface area contributed by atoms with Crippen LogP contribution in [0.2, 0.25) is 5.02 Å². The molecule has 3 rings (SSSR count). The Hall–Kier alpha value is -2.07. The Labute approximate surface area is 115 Å². The summed E-state index contributed by atoms with van der Waals surface area (Å²) in [5.41, 5.74) is 3.69. The van der Waals surface area contributed by atoms with Gasteiger partial charge in [-0.2, -0.15) is 0 Å². The number of pyridine rings is 1. The number of nitrogens with zero attached hydrogens (tertiary/aromatic N) is 2. The molecule has 0 spiro atoms. The maximum absolute atomic E-state index is 6.19. The van der Waals surface area contributed by atoms with Crippen molar-refractivity contribution < 1.29 is 9.26 Å². The van der Waals surface area contributed by atoms with E-state index < -0.39 is 0 Å². The number of hydrogen-bond acceptors (Lipinski definition) is 4. The number of benzene rings is 1. The lowest BCUT2D eigenvalue weighted by Crippen LogP contribution is -1.87. The van der Waals surface area contributed by atoms with E-state index in [4.69, 9.17) is 20.9 Å². The van der Waals surface area contributed by atoms with Gasteiger partial charge in [-0.25, -0.2) is 4.98 Å². The van der Waals surface area contributed by atoms with Crippen molar-refractivity contribution in [2.45, 2.75) is 6.92 Å². The van der Waals surface area contributed by atoms with Gasteiger partial charge in [-0.3, -0.25) is 0 Å². The van der Waals surface area contributed by atoms with Crippen molar-refractivity contribution in [3.05, 3.63) is 41.0 Å². The summed E-state index contributed by atoms with van der Waals surface area (Å²) in [5, 5.41) is 4.39. The minimum absolute atomic E-state index is 0.511. The first-order valence-corrected chi connectivity index (χ1v) is 6.14. The standard InChI is InChI=1S/C14H11ClN2O2/c1-8-13-14(19-17-8)11(15)7-12(16-13)9-3-5-10(18-2)6-4-9/h3-7H,1-2H3. The first-order valence-electron chi connectivity index (χ1n) is 5.76. The SMILES string of the molecule is COc1ccc(-c2cc(Cl)c3onc(C)c3n2)cc1. The zero-order valence-electron chi connectivity index (χ0n) is 10.5. The van der Waals surface area contributed by atoms with Crippen molar-refractivity contribution >= 4 is 22.7 Å². The summed E-state index contributed by atoms with van der Waals surface area (Å²) in [4.78, 5) is 4.54. The monoisotopic (exact) mass is 274 g/mol. The van der Waals surface area contributed by atoms with Gasteiger partial charge in [-0.05, 0) is 37.3 Å². The minimum atomic E-state index is 0.511. The number of rotatable bonds is 2. The van der Waals surface area contributed by atoms with Gasteiger partial charge in [-0.1, -0.05) is 16.8 Å². The largest absolute Gasteiger partial charge is 0.497 e. The summed E-state index contributed by atoms with van der Waals surface area (Å²) in [6.45, 7) is 1.84. The predicted molar refractivity (Wildman–Crippen MR) is 73.5 cm³/mol. The lowest BCUT2D eigenvalue weighted by molar-refractivity contribution is 0.415. The molecular formula is C14H11ClN2O2. The van der Waals surface area contributed by atoms with E-state index in [0.29, 0.717) is 16.1 Å². The summed E-state index contributed by atoms with van der Waals surface area (Å²) >= 11 is 6.19. The third kappa shape index (κ3) is 2.04. The van der Waals surface area contributed by atoms with Crippen LogP contribution in [0.15, 0.2) is 34.9 Å². The van der Waals surface area contributed by atoms with E-state index in [1.54, 1.807) is 13.2 Å². The molecule has 0 saturated carbocycles. The predicted octanol–water partition coefficient (Wildman–Crippen LogP) is 3.86. The van der Waals surface area contributed by atoms with Crippen molar-refractivity contribution in [3.63, 3.8) is 0 Å². The number of hydrogen-bond donors (Lipinski definition) is 0. The average molecular weight is 275 g/mol. The Morgan fingerprint density at radius 1 is 1.21 bits per heavy atom. The third-order valence-electron chi connectivity index (χ3n) is 2.93. The summed E-state index contributed by atoms with van der Waals surface area (Å²) in [6, 6.07) is 9.42. The first-order chi connectivity index (χ1) is 9.19. The van der Waals surface area contributed by atoms with Crippen LogP contribution in [0.5, 0.6) is 5.75 Å². The van der Waals surface area contributed by atoms with E-state index in [-0.39, 0.29) is 0 Å². The van der Waals surface area contributed by atoms with Crippen LogP contribution in [0.1, 0.15) is 5.69 Å². The Morgan fingerprint density at radius 3 is 2.63 bits per heavy atom. The zero-order chi connectivity index (χ0) is 13.4. The molecule has 5 heteroatoms. The van der Waals surface area contributed by atoms with Gasteiger partial charge in [0.1, 0.15) is 17.0 Å². The highest BCUT2D eigenvalue weighted by Crippen LogP contribution is 2.30. The van der Waals surface area contributed by atoms with Gasteiger partial charge in [0.05, 0.1) is 17.8 Å². The molecule has 2 heterocycles. The second kappa shape index (κ2) is 4.55. The van der Waals surface area contributed by atoms with Crippen LogP contribution < -0.4 is 4.74 Å². The molecule has 3 aromatic rings. The summed E-state index contributed by atoms with van der Waals surface area (Å²) in [6.07, 6.45) is 0. The van der Waals surface area contributed by atoms with E-state index >= 15 is 0 Å². The molecule has 0 aliphatic heterocycles. The van der Waals surface area contributed by atoms with Crippen molar-refractivity contribution in [1.29, 1.82) is 0 Å². The molecule has 2 aromatic heterocycles. The molecular weight excluding hydrogens is 264 g/mol. The molecule has 0 saturated heterocycles. The van der Waals surface area contributed by atoms with Crippen LogP contribution in [-0.4, -0.2) is 17.3 Å². The van der Waals surface area contributed by atoms with E-state index in [9.17, 15) is 0 Å². The Kier molecular flexibility index (Phi) is 2.87. The van der Waals surface area contributed by atoms with Gasteiger partial charge in [0.25, 0.3) is 0 Å². The van der Waals surface area contributed by atoms with Crippen LogP contribution in [0.4, 0.5) is 0 Å². The van der Waals surface area contributed by atoms with Crippen LogP contribution in [0, 0.1) is 6.92 Å². The fraction of sp³-hybridized carbons (Fsp3) is 0.143. The Morgan fingerprint density at radius 2 is 1.95 bits per heavy atom. The van der Waals surface area contributed by atoms with Gasteiger partial charge in [-0.15, -0.1) is 0 Å². The fourth-order valence-electron chi connectivity index (χ4n) is 1.90. The normalized spacial score (nSPS) is 10.9. The number of aryl methyl sites for hydroxylation is 1. The third-order valence-corrected chi connectivity index (χ3v) is 3.21. The molecule has 0 fully saturated rings. The number of methoxy groups -OCH3 is 1. The van der Waals surface area contributed by atoms with E-state index in [1.807, 2.05) is 31.2 Å². The van der Waals surface area contributed by atoms with Crippen molar-refractivity contribution in [2.24, 2.45) is 0 Å². The number of halogens is 1. The molecule has 0 amide bonds. The highest BCUT2D eigenvalue weighted by molar-refractivity contribution is 6.35. The van der Waals surface area contributed by atoms with E-state index in [1.165, 1.54) is 0 Å². The van der Waals surface area contributed by atoms with E-state index in [0.717, 1.165) is 22.7 Å². The van der Waals surface area contributed by atoms with Gasteiger partial charge in [0.15, 0.2) is 0 Å². The summed E-state index contributed by atoms with van der Waals surface area (Å²) < 4.78 is 10.3. The Bertz CT molecular complexity index is 735. The molecule has 4 nitrogen and oxygen atoms in total. The molecule has 0 aliphatic rings. The highest BCUT2D eigenvalue weighted by Gasteiger charge is 2.12. The van der Waals surface area contributed by atoms with Gasteiger partial charge < -0.3 is 9.26 Å². The first kappa shape index (κ1) is 12.0. The van der Waals surface area contributed by atoms with E-state index in [2.05, 4.69) is 10.1 Å². The lowest BCUT2D eigenvalue weighted by Gasteiger charge is -2.04. The molecule has 1 aromatic carbocycles. The van der Waals surface area contributed by atoms with Crippen molar-refractivity contribution in [1.82, 2.24) is 10.1 Å². The lowest BCUT2D eigenvalue weighted by atomic mass is 10.1. The zero-order valence-corrected chi connectivity index (χ0v) is 11.2. The second-order valence-corrected chi connectivity index (χ2v) is 4.57. The number of aromatic nitrogens is 2. The number of fused-ring (bicyclic) bond motifs is 1. The summed E-state index contributed by atoms with van der Waals surface area (Å²) in [7, 11) is 1.64. The number of ether oxygens (including phenoxy) is 1. The molecule has 96 valence electrons. The van der Waals surface area contributed by atoms with Crippen molar-refractivity contribution in [2.75, 3.05) is 7.11 Å². The molecule has 0 bridgehead atoms. The minimum Gasteiger partial charge on any atom is -0.497 e. The maximum atomic E-state index is 6.19. The second-order valence-electron chi connectivity index (χ2n) is 4.16. The highest BCUT2D eigenvalue weighted by atomic mass is 35.5. The van der Waals surface area contributed by atoms with Gasteiger partial charge in [0, 0.05) is 5.56 Å². The smallest absolute Gasteiger partial charge is 0.204 e. The quantitative estimate of drug-likeness (QED) is 0.712. The van der Waals surface area contributed by atoms with Crippen LogP contribution in [-0.2, 0) is 0 Å². The van der Waals surface area contributed by atoms with Gasteiger partial charge in [0.2, 0.25) is 5.58 Å². The average Bonchev–Trinajstić information content (AvgIpc) is 2.81. The van der Waals surface area contributed by atoms with Crippen LogP contribution in [0.3, 0.4) is 0 Å². The van der Waals surface area contributed by atoms with Crippen LogP contribution >= 0.6 is 11.6 Å². The van der Waals surface area contributed by atoms with Crippen LogP contribution in [0.25, 0.3) is 22.4 Å². The maximum Gasteiger partial charge on any atom is 0.204 e.